The van der Waals surface area contributed by atoms with Crippen molar-refractivity contribution in [2.24, 2.45) is 7.05 Å². The molecule has 8 nitrogen and oxygen atoms in total. The average Bonchev–Trinajstić information content (AvgIpc) is 3.16. The van der Waals surface area contributed by atoms with Crippen molar-refractivity contribution in [3.8, 4) is 0 Å². The molecule has 0 radical (unpaired) electrons. The predicted molar refractivity (Wildman–Crippen MR) is 86.2 cm³/mol. The van der Waals surface area contributed by atoms with E-state index < -0.39 is 22.0 Å². The van der Waals surface area contributed by atoms with Crippen molar-refractivity contribution >= 4 is 15.9 Å². The molecule has 1 aromatic heterocycles. The molecule has 3 heterocycles. The highest BCUT2D eigenvalue weighted by Crippen LogP contribution is 2.27. The minimum Gasteiger partial charge on any atom is -0.447 e. The third-order valence-corrected chi connectivity index (χ3v) is 6.14. The lowest BCUT2D eigenvalue weighted by atomic mass is 10.1. The van der Waals surface area contributed by atoms with Gasteiger partial charge in [0, 0.05) is 32.0 Å². The molecule has 2 unspecified atom stereocenters. The van der Waals surface area contributed by atoms with Gasteiger partial charge in [0.25, 0.3) is 0 Å². The molecule has 0 saturated carbocycles. The first-order chi connectivity index (χ1) is 11.4. The van der Waals surface area contributed by atoms with Gasteiger partial charge in [-0.1, -0.05) is 0 Å². The molecule has 24 heavy (non-hydrogen) atoms. The second kappa shape index (κ2) is 7.10. The number of carbonyl (C=O) groups is 1. The van der Waals surface area contributed by atoms with E-state index in [1.165, 1.54) is 4.90 Å². The summed E-state index contributed by atoms with van der Waals surface area (Å²) in [5.41, 5.74) is 0.706. The van der Waals surface area contributed by atoms with Crippen LogP contribution >= 0.6 is 0 Å². The number of rotatable bonds is 3. The van der Waals surface area contributed by atoms with Crippen LogP contribution in [0.25, 0.3) is 0 Å². The highest BCUT2D eigenvalue weighted by Gasteiger charge is 2.34. The molecule has 0 aromatic carbocycles. The summed E-state index contributed by atoms with van der Waals surface area (Å²) in [6, 6.07) is -0.566. The van der Waals surface area contributed by atoms with Crippen LogP contribution in [0, 0.1) is 0 Å². The van der Waals surface area contributed by atoms with E-state index in [2.05, 4.69) is 5.10 Å². The van der Waals surface area contributed by atoms with Crippen molar-refractivity contribution in [3.63, 3.8) is 0 Å². The van der Waals surface area contributed by atoms with Gasteiger partial charge in [-0.05, 0) is 19.3 Å². The summed E-state index contributed by atoms with van der Waals surface area (Å²) >= 11 is 0. The molecule has 9 heteroatoms. The zero-order valence-electron chi connectivity index (χ0n) is 13.8. The van der Waals surface area contributed by atoms with E-state index in [4.69, 9.17) is 9.47 Å². The fourth-order valence-electron chi connectivity index (χ4n) is 3.15. The van der Waals surface area contributed by atoms with Crippen molar-refractivity contribution in [3.05, 3.63) is 18.0 Å². The van der Waals surface area contributed by atoms with Crippen LogP contribution in [0.3, 0.4) is 0 Å². The summed E-state index contributed by atoms with van der Waals surface area (Å²) in [7, 11) is -1.46. The van der Waals surface area contributed by atoms with Gasteiger partial charge in [-0.15, -0.1) is 0 Å². The standard InChI is InChI=1S/C15H23N3O5S/c1-17-9-12(8-16-17)14-11-24(20,21)7-3-5-18(14)15(19)23-10-13-4-2-6-22-13/h8-9,13-14H,2-7,10-11H2,1H3. The van der Waals surface area contributed by atoms with Crippen LogP contribution < -0.4 is 0 Å². The van der Waals surface area contributed by atoms with Gasteiger partial charge in [0.1, 0.15) is 6.61 Å². The van der Waals surface area contributed by atoms with E-state index >= 15 is 0 Å². The molecule has 0 N–H and O–H groups in total. The lowest BCUT2D eigenvalue weighted by Crippen LogP contribution is -2.38. The predicted octanol–water partition coefficient (Wildman–Crippen LogP) is 0.897. The van der Waals surface area contributed by atoms with E-state index in [0.29, 0.717) is 25.1 Å². The van der Waals surface area contributed by atoms with Gasteiger partial charge in [-0.2, -0.15) is 5.10 Å². The van der Waals surface area contributed by atoms with Gasteiger partial charge >= 0.3 is 6.09 Å². The minimum absolute atomic E-state index is 0.0542. The topological polar surface area (TPSA) is 90.7 Å². The Morgan fingerprint density at radius 3 is 2.96 bits per heavy atom. The SMILES string of the molecule is Cn1cc(C2CS(=O)(=O)CCCN2C(=O)OCC2CCCO2)cn1. The van der Waals surface area contributed by atoms with Crippen LogP contribution in [0.4, 0.5) is 4.79 Å². The van der Waals surface area contributed by atoms with Crippen LogP contribution in [-0.2, 0) is 26.4 Å². The highest BCUT2D eigenvalue weighted by atomic mass is 32.2. The summed E-state index contributed by atoms with van der Waals surface area (Å²) in [4.78, 5) is 14.0. The first-order valence-corrected chi connectivity index (χ1v) is 10.0. The summed E-state index contributed by atoms with van der Waals surface area (Å²) in [5, 5.41) is 4.10. The quantitative estimate of drug-likeness (QED) is 0.798. The number of aryl methyl sites for hydroxylation is 1. The molecule has 3 rings (SSSR count). The van der Waals surface area contributed by atoms with E-state index in [-0.39, 0.29) is 24.2 Å². The maximum atomic E-state index is 12.5. The highest BCUT2D eigenvalue weighted by molar-refractivity contribution is 7.91. The molecule has 2 aliphatic heterocycles. The number of amides is 1. The van der Waals surface area contributed by atoms with Gasteiger partial charge in [0.05, 0.1) is 29.8 Å². The van der Waals surface area contributed by atoms with E-state index in [1.54, 1.807) is 24.1 Å². The molecule has 2 atom stereocenters. The van der Waals surface area contributed by atoms with Crippen molar-refractivity contribution in [2.75, 3.05) is 31.3 Å². The molecule has 134 valence electrons. The largest absolute Gasteiger partial charge is 0.447 e. The monoisotopic (exact) mass is 357 g/mol. The molecule has 0 bridgehead atoms. The molecule has 0 aliphatic carbocycles. The molecule has 2 aliphatic rings. The van der Waals surface area contributed by atoms with Gasteiger partial charge in [-0.3, -0.25) is 9.58 Å². The number of ether oxygens (including phenoxy) is 2. The Labute approximate surface area is 141 Å². The lowest BCUT2D eigenvalue weighted by molar-refractivity contribution is 0.0257. The van der Waals surface area contributed by atoms with Gasteiger partial charge in [0.2, 0.25) is 0 Å². The number of aromatic nitrogens is 2. The number of sulfone groups is 1. The molecular weight excluding hydrogens is 334 g/mol. The Morgan fingerprint density at radius 2 is 2.29 bits per heavy atom. The fraction of sp³-hybridized carbons (Fsp3) is 0.733. The van der Waals surface area contributed by atoms with Crippen molar-refractivity contribution in [2.45, 2.75) is 31.4 Å². The van der Waals surface area contributed by atoms with Crippen LogP contribution in [-0.4, -0.2) is 66.6 Å². The molecule has 1 amide bonds. The summed E-state index contributed by atoms with van der Waals surface area (Å²) in [6.07, 6.45) is 5.07. The Kier molecular flexibility index (Phi) is 5.09. The first-order valence-electron chi connectivity index (χ1n) is 8.18. The second-order valence-corrected chi connectivity index (χ2v) is 8.57. The maximum absolute atomic E-state index is 12.5. The van der Waals surface area contributed by atoms with Crippen molar-refractivity contribution in [1.82, 2.24) is 14.7 Å². The number of hydrogen-bond acceptors (Lipinski definition) is 6. The second-order valence-electron chi connectivity index (χ2n) is 6.34. The Morgan fingerprint density at radius 1 is 1.46 bits per heavy atom. The Bertz CT molecular complexity index is 681. The molecule has 0 spiro atoms. The third kappa shape index (κ3) is 4.07. The van der Waals surface area contributed by atoms with Crippen molar-refractivity contribution < 1.29 is 22.7 Å². The molecule has 2 fully saturated rings. The first kappa shape index (κ1) is 17.2. The summed E-state index contributed by atoms with van der Waals surface area (Å²) in [6.45, 7) is 1.26. The molecule has 1 aromatic rings. The summed E-state index contributed by atoms with van der Waals surface area (Å²) < 4.78 is 36.8. The average molecular weight is 357 g/mol. The summed E-state index contributed by atoms with van der Waals surface area (Å²) in [5.74, 6) is -0.0208. The van der Waals surface area contributed by atoms with E-state index in [0.717, 1.165) is 12.8 Å². The third-order valence-electron chi connectivity index (χ3n) is 4.40. The smallest absolute Gasteiger partial charge is 0.410 e. The molecule has 2 saturated heterocycles. The lowest BCUT2D eigenvalue weighted by Gasteiger charge is -2.28. The Hall–Kier alpha value is -1.61. The van der Waals surface area contributed by atoms with Crippen LogP contribution in [0.5, 0.6) is 0 Å². The van der Waals surface area contributed by atoms with Gasteiger partial charge in [-0.25, -0.2) is 13.2 Å². The van der Waals surface area contributed by atoms with Gasteiger partial charge in [0.15, 0.2) is 9.84 Å². The zero-order chi connectivity index (χ0) is 17.2. The maximum Gasteiger partial charge on any atom is 0.410 e. The van der Waals surface area contributed by atoms with Crippen LogP contribution in [0.1, 0.15) is 30.9 Å². The van der Waals surface area contributed by atoms with Crippen LogP contribution in [0.15, 0.2) is 12.4 Å². The Balaban J connectivity index is 1.75. The fourth-order valence-corrected chi connectivity index (χ4v) is 4.74. The van der Waals surface area contributed by atoms with Gasteiger partial charge < -0.3 is 9.47 Å². The molecular formula is C15H23N3O5S. The van der Waals surface area contributed by atoms with Crippen molar-refractivity contribution in [1.29, 1.82) is 0 Å². The van der Waals surface area contributed by atoms with Crippen LogP contribution in [0.2, 0.25) is 0 Å². The minimum atomic E-state index is -3.22. The van der Waals surface area contributed by atoms with E-state index in [9.17, 15) is 13.2 Å². The number of carbonyl (C=O) groups excluding carboxylic acids is 1. The van der Waals surface area contributed by atoms with E-state index in [1.807, 2.05) is 0 Å². The number of nitrogens with zero attached hydrogens (tertiary/aromatic N) is 3. The normalized spacial score (nSPS) is 27.0. The zero-order valence-corrected chi connectivity index (χ0v) is 14.6. The number of hydrogen-bond donors (Lipinski definition) is 0.